The Bertz CT molecular complexity index is 926. The van der Waals surface area contributed by atoms with Crippen LogP contribution in [0.2, 0.25) is 0 Å². The lowest BCUT2D eigenvalue weighted by atomic mass is 9.94. The van der Waals surface area contributed by atoms with E-state index < -0.39 is 5.91 Å². The number of rotatable bonds is 6. The summed E-state index contributed by atoms with van der Waals surface area (Å²) >= 11 is 0. The van der Waals surface area contributed by atoms with Crippen molar-refractivity contribution in [2.75, 3.05) is 37.0 Å². The van der Waals surface area contributed by atoms with Crippen LogP contribution in [0.1, 0.15) is 28.3 Å². The Balaban J connectivity index is 1.53. The molecule has 8 heteroatoms. The van der Waals surface area contributed by atoms with Crippen LogP contribution < -0.4 is 31.5 Å². The molecule has 29 heavy (non-hydrogen) atoms. The second-order valence-corrected chi connectivity index (χ2v) is 7.30. The molecule has 2 aromatic rings. The Hall–Kier alpha value is -3.10. The number of hydrogen-bond acceptors (Lipinski definition) is 6. The number of ether oxygens (including phenoxy) is 1. The zero-order valence-electron chi connectivity index (χ0n) is 16.3. The molecule has 2 aliphatic heterocycles. The summed E-state index contributed by atoms with van der Waals surface area (Å²) in [5.74, 6) is 0.393. The van der Waals surface area contributed by atoms with Crippen LogP contribution >= 0.6 is 0 Å². The summed E-state index contributed by atoms with van der Waals surface area (Å²) < 4.78 is 5.24. The average Bonchev–Trinajstić information content (AvgIpc) is 3.38. The Labute approximate surface area is 169 Å². The summed E-state index contributed by atoms with van der Waals surface area (Å²) in [5.41, 5.74) is 14.7. The molecule has 0 bridgehead atoms. The van der Waals surface area contributed by atoms with Crippen LogP contribution in [0.5, 0.6) is 5.75 Å². The number of hydrogen-bond donors (Lipinski definition) is 4. The fourth-order valence-corrected chi connectivity index (χ4v) is 3.95. The van der Waals surface area contributed by atoms with Gasteiger partial charge in [-0.05, 0) is 36.2 Å². The summed E-state index contributed by atoms with van der Waals surface area (Å²) in [6, 6.07) is 12.7. The number of nitrogens with two attached hydrogens (primary N) is 1. The lowest BCUT2D eigenvalue weighted by Gasteiger charge is -2.20. The van der Waals surface area contributed by atoms with Crippen molar-refractivity contribution in [1.82, 2.24) is 10.9 Å². The Morgan fingerprint density at radius 2 is 2.00 bits per heavy atom. The molecule has 2 saturated heterocycles. The highest BCUT2D eigenvalue weighted by Crippen LogP contribution is 2.29. The number of carbonyl (C=O) groups is 2. The van der Waals surface area contributed by atoms with E-state index in [9.17, 15) is 9.59 Å². The number of methoxy groups -OCH3 is 1. The van der Waals surface area contributed by atoms with E-state index in [0.717, 1.165) is 30.1 Å². The van der Waals surface area contributed by atoms with Crippen molar-refractivity contribution in [3.8, 4) is 5.75 Å². The standard InChI is InChI=1S/C21H25N5O3/c1-29-16-4-2-3-14(9-16)25-19-7-8-26(21(19)28)15-5-6-17(13-11-23-24-12-13)18(10-15)20(22)27/h2-6,9-10,13,19,23-25H,7-8,11-12H2,1H3,(H2,22,27). The first-order valence-corrected chi connectivity index (χ1v) is 9.68. The number of primary amides is 1. The van der Waals surface area contributed by atoms with Gasteiger partial charge in [-0.25, -0.2) is 0 Å². The minimum atomic E-state index is -0.480. The molecule has 0 aliphatic carbocycles. The van der Waals surface area contributed by atoms with E-state index in [0.29, 0.717) is 24.2 Å². The van der Waals surface area contributed by atoms with E-state index in [1.807, 2.05) is 36.4 Å². The molecule has 1 atom stereocenters. The fraction of sp³-hybridized carbons (Fsp3) is 0.333. The van der Waals surface area contributed by atoms with Crippen LogP contribution in [-0.2, 0) is 4.79 Å². The minimum Gasteiger partial charge on any atom is -0.497 e. The Morgan fingerprint density at radius 1 is 1.21 bits per heavy atom. The zero-order chi connectivity index (χ0) is 20.4. The van der Waals surface area contributed by atoms with Gasteiger partial charge in [-0.2, -0.15) is 0 Å². The van der Waals surface area contributed by atoms with Gasteiger partial charge in [-0.3, -0.25) is 20.4 Å². The molecule has 2 amide bonds. The maximum atomic E-state index is 13.0. The first-order chi connectivity index (χ1) is 14.1. The number of carbonyl (C=O) groups excluding carboxylic acids is 2. The van der Waals surface area contributed by atoms with Crippen LogP contribution in [0, 0.1) is 0 Å². The highest BCUT2D eigenvalue weighted by atomic mass is 16.5. The molecule has 2 aliphatic rings. The highest BCUT2D eigenvalue weighted by Gasteiger charge is 2.33. The predicted molar refractivity (Wildman–Crippen MR) is 111 cm³/mol. The highest BCUT2D eigenvalue weighted by molar-refractivity contribution is 6.03. The number of nitrogens with one attached hydrogen (secondary N) is 3. The maximum Gasteiger partial charge on any atom is 0.249 e. The topological polar surface area (TPSA) is 109 Å². The Kier molecular flexibility index (Phi) is 5.37. The molecular formula is C21H25N5O3. The van der Waals surface area contributed by atoms with Crippen molar-refractivity contribution < 1.29 is 14.3 Å². The summed E-state index contributed by atoms with van der Waals surface area (Å²) in [4.78, 5) is 26.7. The quantitative estimate of drug-likeness (QED) is 0.585. The molecule has 1 unspecified atom stereocenters. The minimum absolute atomic E-state index is 0.0276. The summed E-state index contributed by atoms with van der Waals surface area (Å²) in [6.07, 6.45) is 0.667. The molecule has 4 rings (SSSR count). The van der Waals surface area contributed by atoms with Crippen LogP contribution in [-0.4, -0.2) is 44.6 Å². The molecule has 152 valence electrons. The normalized spacial score (nSPS) is 19.6. The van der Waals surface area contributed by atoms with E-state index in [1.165, 1.54) is 0 Å². The van der Waals surface area contributed by atoms with E-state index >= 15 is 0 Å². The van der Waals surface area contributed by atoms with Crippen LogP contribution in [0.3, 0.4) is 0 Å². The van der Waals surface area contributed by atoms with Crippen molar-refractivity contribution in [2.45, 2.75) is 18.4 Å². The van der Waals surface area contributed by atoms with E-state index in [4.69, 9.17) is 10.5 Å². The third-order valence-electron chi connectivity index (χ3n) is 5.49. The molecule has 8 nitrogen and oxygen atoms in total. The lowest BCUT2D eigenvalue weighted by molar-refractivity contribution is -0.117. The van der Waals surface area contributed by atoms with Gasteiger partial charge in [0.15, 0.2) is 0 Å². The molecule has 0 aromatic heterocycles. The van der Waals surface area contributed by atoms with Gasteiger partial charge in [0.25, 0.3) is 0 Å². The first kappa shape index (κ1) is 19.2. The van der Waals surface area contributed by atoms with E-state index in [2.05, 4.69) is 16.2 Å². The first-order valence-electron chi connectivity index (χ1n) is 9.68. The van der Waals surface area contributed by atoms with Gasteiger partial charge in [0.05, 0.1) is 7.11 Å². The second kappa shape index (κ2) is 8.10. The maximum absolute atomic E-state index is 13.0. The third kappa shape index (κ3) is 3.90. The van der Waals surface area contributed by atoms with Crippen LogP contribution in [0.25, 0.3) is 0 Å². The number of benzene rings is 2. The van der Waals surface area contributed by atoms with Gasteiger partial charge >= 0.3 is 0 Å². The summed E-state index contributed by atoms with van der Waals surface area (Å²) in [7, 11) is 1.61. The molecule has 0 spiro atoms. The van der Waals surface area contributed by atoms with Gasteiger partial charge in [-0.15, -0.1) is 0 Å². The Morgan fingerprint density at radius 3 is 2.72 bits per heavy atom. The molecule has 5 N–H and O–H groups in total. The molecule has 2 heterocycles. The number of amides is 2. The molecule has 0 saturated carbocycles. The SMILES string of the molecule is COc1cccc(NC2CCN(c3ccc(C4CNNC4)c(C(N)=O)c3)C2=O)c1. The lowest BCUT2D eigenvalue weighted by Crippen LogP contribution is -2.33. The van der Waals surface area contributed by atoms with Crippen molar-refractivity contribution in [3.63, 3.8) is 0 Å². The number of nitrogens with zero attached hydrogens (tertiary/aromatic N) is 1. The fourth-order valence-electron chi connectivity index (χ4n) is 3.95. The smallest absolute Gasteiger partial charge is 0.249 e. The van der Waals surface area contributed by atoms with Gasteiger partial charge in [0, 0.05) is 48.6 Å². The van der Waals surface area contributed by atoms with Gasteiger partial charge < -0.3 is 20.7 Å². The molecular weight excluding hydrogens is 370 g/mol. The molecule has 2 aromatic carbocycles. The summed E-state index contributed by atoms with van der Waals surface area (Å²) in [6.45, 7) is 2.04. The summed E-state index contributed by atoms with van der Waals surface area (Å²) in [5, 5.41) is 3.28. The average molecular weight is 395 g/mol. The second-order valence-electron chi connectivity index (χ2n) is 7.30. The number of hydrazine groups is 1. The van der Waals surface area contributed by atoms with Gasteiger partial charge in [0.1, 0.15) is 11.8 Å². The van der Waals surface area contributed by atoms with Crippen molar-refractivity contribution in [3.05, 3.63) is 53.6 Å². The zero-order valence-corrected chi connectivity index (χ0v) is 16.3. The van der Waals surface area contributed by atoms with E-state index in [-0.39, 0.29) is 17.9 Å². The monoisotopic (exact) mass is 395 g/mol. The van der Waals surface area contributed by atoms with Crippen LogP contribution in [0.4, 0.5) is 11.4 Å². The molecule has 0 radical (unpaired) electrons. The largest absolute Gasteiger partial charge is 0.497 e. The van der Waals surface area contributed by atoms with Crippen molar-refractivity contribution in [1.29, 1.82) is 0 Å². The predicted octanol–water partition coefficient (Wildman–Crippen LogP) is 1.20. The van der Waals surface area contributed by atoms with E-state index in [1.54, 1.807) is 18.1 Å². The molecule has 2 fully saturated rings. The van der Waals surface area contributed by atoms with Gasteiger partial charge in [0.2, 0.25) is 11.8 Å². The van der Waals surface area contributed by atoms with Crippen molar-refractivity contribution in [2.24, 2.45) is 5.73 Å². The third-order valence-corrected chi connectivity index (χ3v) is 5.49. The van der Waals surface area contributed by atoms with Gasteiger partial charge in [-0.1, -0.05) is 12.1 Å². The van der Waals surface area contributed by atoms with Crippen molar-refractivity contribution >= 4 is 23.2 Å². The van der Waals surface area contributed by atoms with Crippen LogP contribution in [0.15, 0.2) is 42.5 Å². The number of anilines is 2.